The van der Waals surface area contributed by atoms with E-state index in [2.05, 4.69) is 36.5 Å². The molecule has 0 heterocycles. The van der Waals surface area contributed by atoms with E-state index in [1.54, 1.807) is 0 Å². The number of rotatable bonds is 6. The normalized spacial score (nSPS) is 12.2. The Morgan fingerprint density at radius 3 is 2.60 bits per heavy atom. The lowest BCUT2D eigenvalue weighted by atomic mass is 10.1. The third-order valence-electron chi connectivity index (χ3n) is 3.19. The number of ether oxygens (including phenoxy) is 1. The number of hydrogen-bond acceptors (Lipinski definition) is 2. The molecule has 0 aliphatic carbocycles. The number of halogens is 1. The van der Waals surface area contributed by atoms with Gasteiger partial charge in [0.15, 0.2) is 0 Å². The van der Waals surface area contributed by atoms with Gasteiger partial charge in [-0.05, 0) is 49.2 Å². The van der Waals surface area contributed by atoms with Crippen LogP contribution in [0.1, 0.15) is 31.0 Å². The quantitative estimate of drug-likeness (QED) is 0.840. The van der Waals surface area contributed by atoms with Gasteiger partial charge in [0.1, 0.15) is 5.75 Å². The summed E-state index contributed by atoms with van der Waals surface area (Å²) in [4.78, 5) is 0. The van der Waals surface area contributed by atoms with E-state index >= 15 is 0 Å². The molecule has 0 amide bonds. The van der Waals surface area contributed by atoms with Gasteiger partial charge in [0.25, 0.3) is 0 Å². The van der Waals surface area contributed by atoms with Gasteiger partial charge < -0.3 is 10.1 Å². The molecule has 20 heavy (non-hydrogen) atoms. The first-order chi connectivity index (χ1) is 9.69. The Labute approximate surface area is 125 Å². The van der Waals surface area contributed by atoms with Crippen LogP contribution in [0.4, 0.5) is 0 Å². The van der Waals surface area contributed by atoms with Gasteiger partial charge in [-0.3, -0.25) is 0 Å². The van der Waals surface area contributed by atoms with Crippen molar-refractivity contribution in [3.63, 3.8) is 0 Å². The van der Waals surface area contributed by atoms with Crippen molar-refractivity contribution < 1.29 is 4.74 Å². The SMILES string of the molecule is CCOc1cccc(CNC(C)c2ccc(Cl)cc2)c1. The lowest BCUT2D eigenvalue weighted by Crippen LogP contribution is -2.18. The number of nitrogens with one attached hydrogen (secondary N) is 1. The van der Waals surface area contributed by atoms with E-state index in [0.717, 1.165) is 17.3 Å². The summed E-state index contributed by atoms with van der Waals surface area (Å²) in [7, 11) is 0. The molecule has 1 atom stereocenters. The highest BCUT2D eigenvalue weighted by Crippen LogP contribution is 2.18. The van der Waals surface area contributed by atoms with Gasteiger partial charge in [-0.2, -0.15) is 0 Å². The second-order valence-corrected chi connectivity index (χ2v) is 5.17. The molecule has 0 saturated carbocycles. The monoisotopic (exact) mass is 289 g/mol. The van der Waals surface area contributed by atoms with Crippen LogP contribution in [0.2, 0.25) is 5.02 Å². The van der Waals surface area contributed by atoms with Crippen LogP contribution in [0.3, 0.4) is 0 Å². The first kappa shape index (κ1) is 14.9. The number of hydrogen-bond donors (Lipinski definition) is 1. The summed E-state index contributed by atoms with van der Waals surface area (Å²) in [6.07, 6.45) is 0. The fourth-order valence-corrected chi connectivity index (χ4v) is 2.18. The zero-order valence-corrected chi connectivity index (χ0v) is 12.7. The van der Waals surface area contributed by atoms with Crippen molar-refractivity contribution in [3.05, 3.63) is 64.7 Å². The standard InChI is InChI=1S/C17H20ClNO/c1-3-20-17-6-4-5-14(11-17)12-19-13(2)15-7-9-16(18)10-8-15/h4-11,13,19H,3,12H2,1-2H3. The maximum atomic E-state index is 5.90. The second-order valence-electron chi connectivity index (χ2n) is 4.73. The molecule has 0 saturated heterocycles. The van der Waals surface area contributed by atoms with Gasteiger partial charge in [-0.25, -0.2) is 0 Å². The maximum Gasteiger partial charge on any atom is 0.119 e. The van der Waals surface area contributed by atoms with Gasteiger partial charge in [-0.1, -0.05) is 35.9 Å². The highest BCUT2D eigenvalue weighted by Gasteiger charge is 2.05. The molecule has 0 bridgehead atoms. The van der Waals surface area contributed by atoms with Crippen LogP contribution in [-0.4, -0.2) is 6.61 Å². The van der Waals surface area contributed by atoms with E-state index in [9.17, 15) is 0 Å². The first-order valence-corrected chi connectivity index (χ1v) is 7.27. The zero-order chi connectivity index (χ0) is 14.4. The van der Waals surface area contributed by atoms with E-state index in [-0.39, 0.29) is 6.04 Å². The van der Waals surface area contributed by atoms with Crippen LogP contribution < -0.4 is 10.1 Å². The van der Waals surface area contributed by atoms with Crippen molar-refractivity contribution in [3.8, 4) is 5.75 Å². The van der Waals surface area contributed by atoms with E-state index in [1.807, 2.05) is 31.2 Å². The van der Waals surface area contributed by atoms with Gasteiger partial charge >= 0.3 is 0 Å². The van der Waals surface area contributed by atoms with Crippen LogP contribution in [-0.2, 0) is 6.54 Å². The summed E-state index contributed by atoms with van der Waals surface area (Å²) in [6, 6.07) is 16.4. The molecule has 0 aliphatic heterocycles. The Morgan fingerprint density at radius 1 is 1.15 bits per heavy atom. The molecule has 2 nitrogen and oxygen atoms in total. The Hall–Kier alpha value is -1.51. The second kappa shape index (κ2) is 7.32. The molecule has 3 heteroatoms. The lowest BCUT2D eigenvalue weighted by molar-refractivity contribution is 0.339. The molecule has 2 aromatic carbocycles. The van der Waals surface area contributed by atoms with Crippen molar-refractivity contribution in [1.82, 2.24) is 5.32 Å². The third-order valence-corrected chi connectivity index (χ3v) is 3.44. The molecular weight excluding hydrogens is 270 g/mol. The lowest BCUT2D eigenvalue weighted by Gasteiger charge is -2.15. The van der Waals surface area contributed by atoms with E-state index in [1.165, 1.54) is 11.1 Å². The summed E-state index contributed by atoms with van der Waals surface area (Å²) in [5.74, 6) is 0.922. The van der Waals surface area contributed by atoms with Crippen LogP contribution >= 0.6 is 11.6 Å². The van der Waals surface area contributed by atoms with Crippen molar-refractivity contribution in [1.29, 1.82) is 0 Å². The van der Waals surface area contributed by atoms with Crippen molar-refractivity contribution in [2.45, 2.75) is 26.4 Å². The highest BCUT2D eigenvalue weighted by atomic mass is 35.5. The zero-order valence-electron chi connectivity index (χ0n) is 11.9. The minimum atomic E-state index is 0.281. The van der Waals surface area contributed by atoms with E-state index < -0.39 is 0 Å². The molecule has 1 unspecified atom stereocenters. The molecule has 2 aromatic rings. The van der Waals surface area contributed by atoms with Crippen LogP contribution in [0.5, 0.6) is 5.75 Å². The van der Waals surface area contributed by atoms with Crippen LogP contribution in [0.25, 0.3) is 0 Å². The van der Waals surface area contributed by atoms with Gasteiger partial charge in [0.05, 0.1) is 6.61 Å². The van der Waals surface area contributed by atoms with Crippen LogP contribution in [0, 0.1) is 0 Å². The predicted octanol–water partition coefficient (Wildman–Crippen LogP) is 4.59. The molecule has 0 aliphatic rings. The largest absolute Gasteiger partial charge is 0.494 e. The summed E-state index contributed by atoms with van der Waals surface area (Å²) in [5.41, 5.74) is 2.45. The Morgan fingerprint density at radius 2 is 1.90 bits per heavy atom. The molecule has 1 N–H and O–H groups in total. The molecule has 106 valence electrons. The fraction of sp³-hybridized carbons (Fsp3) is 0.294. The van der Waals surface area contributed by atoms with E-state index in [0.29, 0.717) is 6.61 Å². The van der Waals surface area contributed by atoms with Crippen molar-refractivity contribution >= 4 is 11.6 Å². The smallest absolute Gasteiger partial charge is 0.119 e. The topological polar surface area (TPSA) is 21.3 Å². The summed E-state index contributed by atoms with van der Waals surface area (Å²) in [6.45, 7) is 5.64. The summed E-state index contributed by atoms with van der Waals surface area (Å²) >= 11 is 5.90. The first-order valence-electron chi connectivity index (χ1n) is 6.89. The Kier molecular flexibility index (Phi) is 5.45. The molecule has 0 fully saturated rings. The van der Waals surface area contributed by atoms with Crippen molar-refractivity contribution in [2.24, 2.45) is 0 Å². The summed E-state index contributed by atoms with van der Waals surface area (Å²) < 4.78 is 5.51. The average Bonchev–Trinajstić information content (AvgIpc) is 2.46. The molecule has 0 spiro atoms. The maximum absolute atomic E-state index is 5.90. The molecule has 0 radical (unpaired) electrons. The third kappa shape index (κ3) is 4.26. The predicted molar refractivity (Wildman–Crippen MR) is 84.3 cm³/mol. The Balaban J connectivity index is 1.94. The summed E-state index contributed by atoms with van der Waals surface area (Å²) in [5, 5.41) is 4.27. The van der Waals surface area contributed by atoms with Gasteiger partial charge in [0.2, 0.25) is 0 Å². The molecule has 0 aromatic heterocycles. The molecule has 2 rings (SSSR count). The van der Waals surface area contributed by atoms with Crippen LogP contribution in [0.15, 0.2) is 48.5 Å². The van der Waals surface area contributed by atoms with Gasteiger partial charge in [-0.15, -0.1) is 0 Å². The molecular formula is C17H20ClNO. The fourth-order valence-electron chi connectivity index (χ4n) is 2.05. The highest BCUT2D eigenvalue weighted by molar-refractivity contribution is 6.30. The number of benzene rings is 2. The van der Waals surface area contributed by atoms with Gasteiger partial charge in [0, 0.05) is 17.6 Å². The Bertz CT molecular complexity index is 539. The van der Waals surface area contributed by atoms with E-state index in [4.69, 9.17) is 16.3 Å². The van der Waals surface area contributed by atoms with Crippen molar-refractivity contribution in [2.75, 3.05) is 6.61 Å². The minimum absolute atomic E-state index is 0.281. The minimum Gasteiger partial charge on any atom is -0.494 e. The average molecular weight is 290 g/mol.